The molecule has 0 aromatic rings. The van der Waals surface area contributed by atoms with Gasteiger partial charge in [-0.15, -0.1) is 0 Å². The van der Waals surface area contributed by atoms with Crippen molar-refractivity contribution in [3.8, 4) is 0 Å². The van der Waals surface area contributed by atoms with Crippen molar-refractivity contribution in [1.82, 2.24) is 10.2 Å². The summed E-state index contributed by atoms with van der Waals surface area (Å²) in [5.74, 6) is -1.24. The SMILES string of the molecule is C[C@H](NC(=O)CN1C2COCC1C2)C(=O)O. The van der Waals surface area contributed by atoms with Crippen LogP contribution in [0.2, 0.25) is 0 Å². The fraction of sp³-hybridized carbons (Fsp3) is 0.800. The van der Waals surface area contributed by atoms with Crippen LogP contribution < -0.4 is 5.32 Å². The van der Waals surface area contributed by atoms with Gasteiger partial charge in [0.05, 0.1) is 19.8 Å². The number of amides is 1. The molecule has 3 atom stereocenters. The molecule has 16 heavy (non-hydrogen) atoms. The fourth-order valence-corrected chi connectivity index (χ4v) is 2.19. The van der Waals surface area contributed by atoms with Crippen LogP contribution in [0.15, 0.2) is 0 Å². The molecule has 3 rings (SSSR count). The van der Waals surface area contributed by atoms with Crippen molar-refractivity contribution in [3.63, 3.8) is 0 Å². The summed E-state index contributed by atoms with van der Waals surface area (Å²) < 4.78 is 5.30. The molecular weight excluding hydrogens is 212 g/mol. The third kappa shape index (κ3) is 2.17. The first-order chi connectivity index (χ1) is 7.58. The van der Waals surface area contributed by atoms with E-state index in [0.29, 0.717) is 25.3 Å². The minimum atomic E-state index is -1.01. The molecule has 0 aromatic carbocycles. The van der Waals surface area contributed by atoms with E-state index in [1.807, 2.05) is 0 Å². The quantitative estimate of drug-likeness (QED) is 0.648. The number of nitrogens with zero attached hydrogens (tertiary/aromatic N) is 1. The lowest BCUT2D eigenvalue weighted by molar-refractivity contribution is -0.148. The Balaban J connectivity index is 1.77. The van der Waals surface area contributed by atoms with Crippen LogP contribution in [-0.2, 0) is 14.3 Å². The van der Waals surface area contributed by atoms with E-state index < -0.39 is 12.0 Å². The molecule has 1 amide bonds. The lowest BCUT2D eigenvalue weighted by Gasteiger charge is -2.51. The van der Waals surface area contributed by atoms with Crippen LogP contribution in [0.25, 0.3) is 0 Å². The molecule has 90 valence electrons. The number of carboxylic acid groups (broad SMARTS) is 1. The Hall–Kier alpha value is -1.14. The molecule has 0 spiro atoms. The molecule has 3 heterocycles. The van der Waals surface area contributed by atoms with Gasteiger partial charge in [0.15, 0.2) is 0 Å². The number of morpholine rings is 1. The molecule has 0 aliphatic carbocycles. The average Bonchev–Trinajstić information content (AvgIpc) is 2.26. The van der Waals surface area contributed by atoms with E-state index in [2.05, 4.69) is 10.2 Å². The molecule has 3 aliphatic heterocycles. The second kappa shape index (κ2) is 4.39. The zero-order chi connectivity index (χ0) is 11.7. The van der Waals surface area contributed by atoms with Gasteiger partial charge in [-0.05, 0) is 13.3 Å². The van der Waals surface area contributed by atoms with E-state index in [4.69, 9.17) is 9.84 Å². The van der Waals surface area contributed by atoms with E-state index in [-0.39, 0.29) is 12.5 Å². The van der Waals surface area contributed by atoms with E-state index in [1.165, 1.54) is 6.92 Å². The topological polar surface area (TPSA) is 78.9 Å². The Morgan fingerprint density at radius 2 is 2.12 bits per heavy atom. The molecule has 3 saturated heterocycles. The normalized spacial score (nSPS) is 30.3. The third-order valence-electron chi connectivity index (χ3n) is 3.18. The summed E-state index contributed by atoms with van der Waals surface area (Å²) in [6.07, 6.45) is 1.09. The predicted octanol–water partition coefficient (Wildman–Crippen LogP) is -0.951. The molecule has 3 aliphatic rings. The monoisotopic (exact) mass is 228 g/mol. The molecule has 2 N–H and O–H groups in total. The number of nitrogens with one attached hydrogen (secondary N) is 1. The van der Waals surface area contributed by atoms with Crippen molar-refractivity contribution in [3.05, 3.63) is 0 Å². The van der Waals surface area contributed by atoms with Crippen molar-refractivity contribution in [2.45, 2.75) is 31.5 Å². The molecule has 2 bridgehead atoms. The minimum Gasteiger partial charge on any atom is -0.480 e. The molecule has 0 aromatic heterocycles. The zero-order valence-electron chi connectivity index (χ0n) is 9.18. The smallest absolute Gasteiger partial charge is 0.325 e. The Morgan fingerprint density at radius 1 is 1.50 bits per heavy atom. The standard InChI is InChI=1S/C10H16N2O4/c1-6(10(14)15)11-9(13)3-12-7-2-8(12)5-16-4-7/h6-8H,2-5H2,1H3,(H,11,13)(H,14,15)/t6-,7?,8?/m0/s1. The number of carbonyl (C=O) groups is 2. The maximum absolute atomic E-state index is 11.5. The second-order valence-electron chi connectivity index (χ2n) is 4.38. The van der Waals surface area contributed by atoms with Gasteiger partial charge < -0.3 is 15.2 Å². The molecule has 6 nitrogen and oxygen atoms in total. The van der Waals surface area contributed by atoms with Crippen LogP contribution >= 0.6 is 0 Å². The van der Waals surface area contributed by atoms with Crippen molar-refractivity contribution >= 4 is 11.9 Å². The van der Waals surface area contributed by atoms with Gasteiger partial charge in [-0.3, -0.25) is 14.5 Å². The first-order valence-electron chi connectivity index (χ1n) is 5.43. The van der Waals surface area contributed by atoms with Gasteiger partial charge >= 0.3 is 5.97 Å². The summed E-state index contributed by atoms with van der Waals surface area (Å²) in [6.45, 7) is 3.09. The summed E-state index contributed by atoms with van der Waals surface area (Å²) in [4.78, 5) is 24.2. The van der Waals surface area contributed by atoms with Gasteiger partial charge in [-0.25, -0.2) is 0 Å². The first-order valence-corrected chi connectivity index (χ1v) is 5.43. The first kappa shape index (κ1) is 11.3. The van der Waals surface area contributed by atoms with Crippen molar-refractivity contribution < 1.29 is 19.4 Å². The average molecular weight is 228 g/mol. The maximum atomic E-state index is 11.5. The second-order valence-corrected chi connectivity index (χ2v) is 4.38. The molecular formula is C10H16N2O4. The number of carbonyl (C=O) groups excluding carboxylic acids is 1. The summed E-state index contributed by atoms with van der Waals surface area (Å²) in [5.41, 5.74) is 0. The van der Waals surface area contributed by atoms with Gasteiger partial charge in [-0.1, -0.05) is 0 Å². The fourth-order valence-electron chi connectivity index (χ4n) is 2.19. The van der Waals surface area contributed by atoms with E-state index in [0.717, 1.165) is 6.42 Å². The number of ether oxygens (including phenoxy) is 1. The van der Waals surface area contributed by atoms with Gasteiger partial charge in [0.2, 0.25) is 5.91 Å². The van der Waals surface area contributed by atoms with Gasteiger partial charge in [-0.2, -0.15) is 0 Å². The Kier molecular flexibility index (Phi) is 3.11. The highest BCUT2D eigenvalue weighted by atomic mass is 16.5. The van der Waals surface area contributed by atoms with Crippen molar-refractivity contribution in [2.24, 2.45) is 0 Å². The number of hydrogen-bond donors (Lipinski definition) is 2. The van der Waals surface area contributed by atoms with Crippen LogP contribution in [0.3, 0.4) is 0 Å². The zero-order valence-corrected chi connectivity index (χ0v) is 9.18. The van der Waals surface area contributed by atoms with Crippen LogP contribution in [0.4, 0.5) is 0 Å². The van der Waals surface area contributed by atoms with Crippen LogP contribution in [0.1, 0.15) is 13.3 Å². The Labute approximate surface area is 93.6 Å². The lowest BCUT2D eigenvalue weighted by Crippen LogP contribution is -2.65. The van der Waals surface area contributed by atoms with E-state index in [1.54, 1.807) is 0 Å². The summed E-state index contributed by atoms with van der Waals surface area (Å²) in [7, 11) is 0. The number of carboxylic acids is 1. The van der Waals surface area contributed by atoms with E-state index >= 15 is 0 Å². The Bertz CT molecular complexity index is 293. The van der Waals surface area contributed by atoms with Crippen molar-refractivity contribution in [2.75, 3.05) is 19.8 Å². The maximum Gasteiger partial charge on any atom is 0.325 e. The van der Waals surface area contributed by atoms with E-state index in [9.17, 15) is 9.59 Å². The summed E-state index contributed by atoms with van der Waals surface area (Å²) >= 11 is 0. The predicted molar refractivity (Wildman–Crippen MR) is 55.0 cm³/mol. The molecule has 6 heteroatoms. The van der Waals surface area contributed by atoms with Gasteiger partial charge in [0, 0.05) is 12.1 Å². The number of fused-ring (bicyclic) bond motifs is 2. The summed E-state index contributed by atoms with van der Waals surface area (Å²) in [5, 5.41) is 11.1. The third-order valence-corrected chi connectivity index (χ3v) is 3.18. The Morgan fingerprint density at radius 3 is 2.62 bits per heavy atom. The largest absolute Gasteiger partial charge is 0.480 e. The van der Waals surface area contributed by atoms with Gasteiger partial charge in [0.1, 0.15) is 6.04 Å². The minimum absolute atomic E-state index is 0.230. The lowest BCUT2D eigenvalue weighted by atomic mass is 9.91. The molecule has 3 fully saturated rings. The molecule has 0 saturated carbocycles. The van der Waals surface area contributed by atoms with Crippen LogP contribution in [-0.4, -0.2) is 59.8 Å². The number of hydrogen-bond acceptors (Lipinski definition) is 4. The summed E-state index contributed by atoms with van der Waals surface area (Å²) in [6, 6.07) is -0.154. The molecule has 2 unspecified atom stereocenters. The van der Waals surface area contributed by atoms with Crippen LogP contribution in [0, 0.1) is 0 Å². The number of rotatable bonds is 4. The van der Waals surface area contributed by atoms with Crippen molar-refractivity contribution in [1.29, 1.82) is 0 Å². The number of aliphatic carboxylic acids is 1. The highest BCUT2D eigenvalue weighted by Gasteiger charge is 2.42. The molecule has 0 radical (unpaired) electrons. The highest BCUT2D eigenvalue weighted by Crippen LogP contribution is 2.29. The highest BCUT2D eigenvalue weighted by molar-refractivity contribution is 5.84. The van der Waals surface area contributed by atoms with Crippen LogP contribution in [0.5, 0.6) is 0 Å². The van der Waals surface area contributed by atoms with Gasteiger partial charge in [0.25, 0.3) is 0 Å².